The van der Waals surface area contributed by atoms with Crippen LogP contribution < -0.4 is 4.74 Å². The van der Waals surface area contributed by atoms with Crippen LogP contribution in [0.25, 0.3) is 6.08 Å². The average Bonchev–Trinajstić information content (AvgIpc) is 2.15. The van der Waals surface area contributed by atoms with E-state index in [4.69, 9.17) is 14.9 Å². The fourth-order valence-electron chi connectivity index (χ4n) is 0.997. The molecule has 14 heavy (non-hydrogen) atoms. The summed E-state index contributed by atoms with van der Waals surface area (Å²) in [5, 5.41) is 15.9. The van der Waals surface area contributed by atoms with Crippen molar-refractivity contribution in [1.29, 1.82) is 0 Å². The Hall–Kier alpha value is -1.97. The summed E-state index contributed by atoms with van der Waals surface area (Å²) in [5.74, 6) is -0.301. The number of rotatable bonds is 3. The van der Waals surface area contributed by atoms with Gasteiger partial charge in [0.15, 0.2) is 0 Å². The lowest BCUT2D eigenvalue weighted by Crippen LogP contribution is -1.86. The molecule has 3 N–H and O–H groups in total. The van der Waals surface area contributed by atoms with Crippen LogP contribution in [-0.2, 0) is 4.79 Å². The van der Waals surface area contributed by atoms with Gasteiger partial charge in [0.1, 0.15) is 0 Å². The van der Waals surface area contributed by atoms with Crippen molar-refractivity contribution in [2.75, 3.05) is 7.11 Å². The summed E-state index contributed by atoms with van der Waals surface area (Å²) >= 11 is 0. The topological polar surface area (TPSA) is 69.4 Å². The first kappa shape index (κ1) is 10.1. The maximum absolute atomic E-state index is 10.2. The van der Waals surface area contributed by atoms with Crippen molar-refractivity contribution in [3.05, 3.63) is 29.8 Å². The number of hydrogen-bond acceptors (Lipinski definition) is 2. The molecule has 0 aliphatic carbocycles. The van der Waals surface area contributed by atoms with Crippen LogP contribution in [0.2, 0.25) is 0 Å². The fraction of sp³-hybridized carbons (Fsp3) is 0.100. The van der Waals surface area contributed by atoms with E-state index in [0.29, 0.717) is 11.3 Å². The monoisotopic (exact) mass is 195 g/mol. The minimum atomic E-state index is -1.01. The molecule has 0 unspecified atom stereocenters. The van der Waals surface area contributed by atoms with E-state index >= 15 is 0 Å². The Bertz CT molecular complexity index is 368. The van der Waals surface area contributed by atoms with E-state index in [9.17, 15) is 4.79 Å². The summed E-state index contributed by atoms with van der Waals surface area (Å²) in [6.07, 6.45) is 2.46. The van der Waals surface area contributed by atoms with Gasteiger partial charge in [-0.05, 0) is 17.7 Å². The number of carboxylic acids is 1. The Morgan fingerprint density at radius 1 is 1.57 bits per heavy atom. The summed E-state index contributed by atoms with van der Waals surface area (Å²) in [5.41, 5.74) is 0.665. The lowest BCUT2D eigenvalue weighted by Gasteiger charge is -1.99. The van der Waals surface area contributed by atoms with Crippen molar-refractivity contribution >= 4 is 12.0 Å². The van der Waals surface area contributed by atoms with Crippen molar-refractivity contribution in [1.82, 2.24) is 0 Å². The quantitative estimate of drug-likeness (QED) is 0.582. The summed E-state index contributed by atoms with van der Waals surface area (Å²) in [6.45, 7) is 0. The van der Waals surface area contributed by atoms with Crippen LogP contribution in [0.15, 0.2) is 24.3 Å². The predicted octanol–water partition coefficient (Wildman–Crippen LogP) is 1.23. The van der Waals surface area contributed by atoms with Crippen molar-refractivity contribution in [3.8, 4) is 11.5 Å². The standard InChI is InChI=1S/C10H10O4/c1-14-9-4-2-7(6-8(9)11)3-5-10(12)13/h2-6,11H,1H3,(H,12,13)/p+1/b5-3+. The summed E-state index contributed by atoms with van der Waals surface area (Å²) in [7, 11) is 1.49. The molecule has 1 aromatic carbocycles. The van der Waals surface area contributed by atoms with Crippen LogP contribution in [0.3, 0.4) is 0 Å². The van der Waals surface area contributed by atoms with Crippen molar-refractivity contribution < 1.29 is 19.7 Å². The smallest absolute Gasteiger partial charge is 0.328 e. The normalized spacial score (nSPS) is 10.4. The molecule has 0 heterocycles. The number of ether oxygens (including phenoxy) is 1. The molecular weight excluding hydrogens is 184 g/mol. The second kappa shape index (κ2) is 4.32. The SMILES string of the molecule is COc1ccc(/C=C/C(=O)O)cc1[OH2+]. The molecule has 1 rings (SSSR count). The lowest BCUT2D eigenvalue weighted by molar-refractivity contribution is -0.131. The number of methoxy groups -OCH3 is 1. The molecule has 0 aromatic heterocycles. The van der Waals surface area contributed by atoms with Crippen molar-refractivity contribution in [2.45, 2.75) is 0 Å². The Kier molecular flexibility index (Phi) is 3.12. The molecule has 1 aromatic rings. The molecule has 0 aliphatic heterocycles. The lowest BCUT2D eigenvalue weighted by atomic mass is 10.2. The highest BCUT2D eigenvalue weighted by molar-refractivity contribution is 5.85. The number of aliphatic carboxylic acids is 1. The van der Waals surface area contributed by atoms with E-state index in [1.807, 2.05) is 0 Å². The second-order valence-electron chi connectivity index (χ2n) is 2.63. The maximum Gasteiger partial charge on any atom is 0.328 e. The Morgan fingerprint density at radius 3 is 2.79 bits per heavy atom. The van der Waals surface area contributed by atoms with Crippen LogP contribution in [0, 0.1) is 0 Å². The average molecular weight is 195 g/mol. The van der Waals surface area contributed by atoms with Gasteiger partial charge in [-0.15, -0.1) is 0 Å². The molecule has 0 spiro atoms. The van der Waals surface area contributed by atoms with Crippen LogP contribution in [0.1, 0.15) is 5.56 Å². The number of carboxylic acid groups (broad SMARTS) is 1. The van der Waals surface area contributed by atoms with Crippen molar-refractivity contribution in [3.63, 3.8) is 0 Å². The molecule has 0 amide bonds. The van der Waals surface area contributed by atoms with Gasteiger partial charge in [-0.2, -0.15) is 0 Å². The highest BCUT2D eigenvalue weighted by atomic mass is 16.5. The van der Waals surface area contributed by atoms with Gasteiger partial charge in [-0.25, -0.2) is 4.79 Å². The van der Waals surface area contributed by atoms with Gasteiger partial charge in [-0.1, -0.05) is 6.07 Å². The van der Waals surface area contributed by atoms with Gasteiger partial charge < -0.3 is 14.9 Å². The molecule has 0 fully saturated rings. The van der Waals surface area contributed by atoms with Crippen molar-refractivity contribution in [2.24, 2.45) is 0 Å². The molecule has 0 aliphatic rings. The summed E-state index contributed by atoms with van der Waals surface area (Å²) < 4.78 is 4.90. The largest absolute Gasteiger partial charge is 0.591 e. The summed E-state index contributed by atoms with van der Waals surface area (Å²) in [6, 6.07) is 4.86. The van der Waals surface area contributed by atoms with Gasteiger partial charge in [0.2, 0.25) is 5.75 Å². The van der Waals surface area contributed by atoms with Gasteiger partial charge in [-0.3, -0.25) is 0 Å². The van der Waals surface area contributed by atoms with E-state index in [0.717, 1.165) is 6.08 Å². The zero-order chi connectivity index (χ0) is 10.6. The number of carbonyl (C=O) groups is 1. The van der Waals surface area contributed by atoms with Crippen LogP contribution in [-0.4, -0.2) is 23.3 Å². The Balaban J connectivity index is 2.91. The van der Waals surface area contributed by atoms with Gasteiger partial charge in [0.05, 0.1) is 7.11 Å². The third kappa shape index (κ3) is 2.52. The van der Waals surface area contributed by atoms with Gasteiger partial charge >= 0.3 is 5.97 Å². The zero-order valence-corrected chi connectivity index (χ0v) is 7.65. The first-order chi connectivity index (χ1) is 6.63. The molecule has 0 bridgehead atoms. The predicted molar refractivity (Wildman–Crippen MR) is 52.7 cm³/mol. The number of benzene rings is 1. The highest BCUT2D eigenvalue weighted by Gasteiger charge is 2.04. The van der Waals surface area contributed by atoms with Gasteiger partial charge in [0.25, 0.3) is 5.75 Å². The molecule has 0 saturated heterocycles. The molecule has 0 radical (unpaired) electrons. The minimum Gasteiger partial charge on any atom is -0.591 e. The molecule has 4 heteroatoms. The Morgan fingerprint density at radius 2 is 2.29 bits per heavy atom. The van der Waals surface area contributed by atoms with Crippen LogP contribution in [0.4, 0.5) is 0 Å². The Labute approximate surface area is 81.1 Å². The first-order valence-electron chi connectivity index (χ1n) is 3.94. The molecule has 0 saturated carbocycles. The van der Waals surface area contributed by atoms with E-state index in [2.05, 4.69) is 0 Å². The maximum atomic E-state index is 10.2. The van der Waals surface area contributed by atoms with Gasteiger partial charge in [0, 0.05) is 12.1 Å². The number of hydrogen-bond donors (Lipinski definition) is 1. The van der Waals surface area contributed by atoms with E-state index in [-0.39, 0.29) is 5.75 Å². The van der Waals surface area contributed by atoms with Crippen LogP contribution >= 0.6 is 0 Å². The zero-order valence-electron chi connectivity index (χ0n) is 7.65. The second-order valence-corrected chi connectivity index (χ2v) is 2.63. The third-order valence-electron chi connectivity index (χ3n) is 1.64. The third-order valence-corrected chi connectivity index (χ3v) is 1.64. The summed E-state index contributed by atoms with van der Waals surface area (Å²) in [4.78, 5) is 10.2. The molecule has 4 nitrogen and oxygen atoms in total. The van der Waals surface area contributed by atoms with Crippen LogP contribution in [0.5, 0.6) is 11.5 Å². The van der Waals surface area contributed by atoms with E-state index in [1.54, 1.807) is 12.1 Å². The molecular formula is C10H11O4+. The first-order valence-corrected chi connectivity index (χ1v) is 3.94. The molecule has 0 atom stereocenters. The highest BCUT2D eigenvalue weighted by Crippen LogP contribution is 2.26. The molecule has 74 valence electrons. The minimum absolute atomic E-state index is 0.236. The fourth-order valence-corrected chi connectivity index (χ4v) is 0.997. The van der Waals surface area contributed by atoms with E-state index < -0.39 is 5.97 Å². The van der Waals surface area contributed by atoms with E-state index in [1.165, 1.54) is 19.3 Å².